The molecule has 0 saturated carbocycles. The van der Waals surface area contributed by atoms with Crippen LogP contribution in [0.1, 0.15) is 24.9 Å². The predicted octanol–water partition coefficient (Wildman–Crippen LogP) is 2.24. The van der Waals surface area contributed by atoms with Crippen molar-refractivity contribution in [1.29, 1.82) is 0 Å². The molecule has 0 aromatic heterocycles. The van der Waals surface area contributed by atoms with Crippen LogP contribution in [-0.2, 0) is 19.5 Å². The summed E-state index contributed by atoms with van der Waals surface area (Å²) in [6, 6.07) is 6.99. The smallest absolute Gasteiger partial charge is 0.212 e. The summed E-state index contributed by atoms with van der Waals surface area (Å²) in [5, 5.41) is 0. The van der Waals surface area contributed by atoms with E-state index in [0.717, 1.165) is 5.56 Å². The molecule has 0 unspecified atom stereocenters. The average molecular weight is 343 g/mol. The van der Waals surface area contributed by atoms with Crippen molar-refractivity contribution < 1.29 is 22.6 Å². The molecule has 1 atom stereocenters. The molecule has 0 fully saturated rings. The van der Waals surface area contributed by atoms with Crippen molar-refractivity contribution in [3.8, 4) is 5.75 Å². The first-order valence-corrected chi connectivity index (χ1v) is 9.04. The minimum absolute atomic E-state index is 0.00765. The topological polar surface area (TPSA) is 73.9 Å². The Bertz CT molecular complexity index is 574. The standard InChI is InChI=1S/C16H25NO5S/c1-4-9-22-16-8-5-7-15(12-16)14(2)17-23(18,19)11-6-10-21-13-20-3/h4-5,7-8,12,14,17H,1,6,9-11,13H2,2-3H3/t14-/m1/s1. The number of hydrogen-bond acceptors (Lipinski definition) is 5. The van der Waals surface area contributed by atoms with Gasteiger partial charge in [0.2, 0.25) is 10.0 Å². The second kappa shape index (κ2) is 10.4. The number of rotatable bonds is 12. The van der Waals surface area contributed by atoms with Gasteiger partial charge in [-0.1, -0.05) is 24.8 Å². The van der Waals surface area contributed by atoms with Gasteiger partial charge in [0.1, 0.15) is 19.1 Å². The Morgan fingerprint density at radius 2 is 2.17 bits per heavy atom. The predicted molar refractivity (Wildman–Crippen MR) is 89.9 cm³/mol. The SMILES string of the molecule is C=CCOc1cccc([C@@H](C)NS(=O)(=O)CCCOCOC)c1. The van der Waals surface area contributed by atoms with E-state index < -0.39 is 10.0 Å². The number of hydrogen-bond donors (Lipinski definition) is 1. The van der Waals surface area contributed by atoms with E-state index in [9.17, 15) is 8.42 Å². The van der Waals surface area contributed by atoms with Gasteiger partial charge in [-0.3, -0.25) is 0 Å². The van der Waals surface area contributed by atoms with E-state index in [1.165, 1.54) is 7.11 Å². The van der Waals surface area contributed by atoms with Gasteiger partial charge in [-0.2, -0.15) is 0 Å². The quantitative estimate of drug-likeness (QED) is 0.358. The Morgan fingerprint density at radius 1 is 1.39 bits per heavy atom. The number of methoxy groups -OCH3 is 1. The monoisotopic (exact) mass is 343 g/mol. The first-order chi connectivity index (χ1) is 11.0. The third-order valence-corrected chi connectivity index (χ3v) is 4.52. The molecule has 0 aliphatic carbocycles. The molecular weight excluding hydrogens is 318 g/mol. The van der Waals surface area contributed by atoms with Crippen LogP contribution in [0.3, 0.4) is 0 Å². The van der Waals surface area contributed by atoms with Crippen LogP contribution in [0.5, 0.6) is 5.75 Å². The van der Waals surface area contributed by atoms with Crippen molar-refractivity contribution in [3.05, 3.63) is 42.5 Å². The highest BCUT2D eigenvalue weighted by Crippen LogP contribution is 2.20. The molecule has 1 aromatic rings. The molecule has 0 radical (unpaired) electrons. The van der Waals surface area contributed by atoms with Crippen LogP contribution in [-0.4, -0.2) is 41.3 Å². The summed E-state index contributed by atoms with van der Waals surface area (Å²) in [7, 11) is -1.85. The van der Waals surface area contributed by atoms with Crippen LogP contribution in [0.2, 0.25) is 0 Å². The van der Waals surface area contributed by atoms with Crippen LogP contribution in [0.4, 0.5) is 0 Å². The lowest BCUT2D eigenvalue weighted by atomic mass is 10.1. The van der Waals surface area contributed by atoms with Crippen LogP contribution >= 0.6 is 0 Å². The van der Waals surface area contributed by atoms with E-state index in [-0.39, 0.29) is 18.6 Å². The fourth-order valence-electron chi connectivity index (χ4n) is 1.92. The fraction of sp³-hybridized carbons (Fsp3) is 0.500. The van der Waals surface area contributed by atoms with Crippen molar-refractivity contribution in [2.24, 2.45) is 0 Å². The summed E-state index contributed by atoms with van der Waals surface area (Å²) in [6.07, 6.45) is 2.07. The molecule has 0 amide bonds. The molecule has 23 heavy (non-hydrogen) atoms. The van der Waals surface area contributed by atoms with E-state index in [4.69, 9.17) is 14.2 Å². The molecule has 6 nitrogen and oxygen atoms in total. The van der Waals surface area contributed by atoms with Crippen LogP contribution in [0.15, 0.2) is 36.9 Å². The van der Waals surface area contributed by atoms with E-state index >= 15 is 0 Å². The molecule has 1 aromatic carbocycles. The second-order valence-electron chi connectivity index (χ2n) is 5.00. The molecule has 0 aliphatic heterocycles. The molecule has 0 spiro atoms. The number of sulfonamides is 1. The molecule has 0 bridgehead atoms. The molecule has 1 rings (SSSR count). The van der Waals surface area contributed by atoms with Crippen molar-refractivity contribution in [1.82, 2.24) is 4.72 Å². The van der Waals surface area contributed by atoms with Crippen LogP contribution in [0, 0.1) is 0 Å². The van der Waals surface area contributed by atoms with E-state index in [0.29, 0.717) is 25.4 Å². The number of nitrogens with one attached hydrogen (secondary N) is 1. The highest BCUT2D eigenvalue weighted by molar-refractivity contribution is 7.89. The molecule has 7 heteroatoms. The van der Waals surface area contributed by atoms with Crippen molar-refractivity contribution in [3.63, 3.8) is 0 Å². The summed E-state index contributed by atoms with van der Waals surface area (Å²) in [5.74, 6) is 0.690. The Morgan fingerprint density at radius 3 is 2.87 bits per heavy atom. The first-order valence-electron chi connectivity index (χ1n) is 7.39. The van der Waals surface area contributed by atoms with E-state index in [2.05, 4.69) is 11.3 Å². The fourth-order valence-corrected chi connectivity index (χ4v) is 3.21. The van der Waals surface area contributed by atoms with Gasteiger partial charge in [0.25, 0.3) is 0 Å². The summed E-state index contributed by atoms with van der Waals surface area (Å²) in [5.41, 5.74) is 0.839. The first kappa shape index (κ1) is 19.6. The lowest BCUT2D eigenvalue weighted by molar-refractivity contribution is -0.0298. The molecule has 0 aliphatic rings. The third-order valence-electron chi connectivity index (χ3n) is 2.99. The second-order valence-corrected chi connectivity index (χ2v) is 6.87. The highest BCUT2D eigenvalue weighted by atomic mass is 32.2. The lowest BCUT2D eigenvalue weighted by Crippen LogP contribution is -2.29. The Labute approximate surface area is 138 Å². The average Bonchev–Trinajstić information content (AvgIpc) is 2.52. The maximum atomic E-state index is 12.1. The van der Waals surface area contributed by atoms with Gasteiger partial charge in [-0.25, -0.2) is 13.1 Å². The minimum Gasteiger partial charge on any atom is -0.490 e. The zero-order valence-corrected chi connectivity index (χ0v) is 14.5. The van der Waals surface area contributed by atoms with Crippen LogP contribution < -0.4 is 9.46 Å². The van der Waals surface area contributed by atoms with Gasteiger partial charge in [0.15, 0.2) is 0 Å². The molecule has 130 valence electrons. The van der Waals surface area contributed by atoms with E-state index in [1.54, 1.807) is 13.0 Å². The summed E-state index contributed by atoms with van der Waals surface area (Å²) in [4.78, 5) is 0. The number of ether oxygens (including phenoxy) is 3. The van der Waals surface area contributed by atoms with Gasteiger partial charge in [0.05, 0.1) is 12.4 Å². The highest BCUT2D eigenvalue weighted by Gasteiger charge is 2.16. The van der Waals surface area contributed by atoms with Crippen molar-refractivity contribution in [2.45, 2.75) is 19.4 Å². The van der Waals surface area contributed by atoms with Crippen molar-refractivity contribution in [2.75, 3.05) is 32.9 Å². The van der Waals surface area contributed by atoms with Gasteiger partial charge < -0.3 is 14.2 Å². The van der Waals surface area contributed by atoms with Crippen molar-refractivity contribution >= 4 is 10.0 Å². The number of benzene rings is 1. The van der Waals surface area contributed by atoms with Gasteiger partial charge in [-0.15, -0.1) is 0 Å². The Hall–Kier alpha value is -1.41. The lowest BCUT2D eigenvalue weighted by Gasteiger charge is -2.15. The van der Waals surface area contributed by atoms with Gasteiger partial charge in [-0.05, 0) is 31.0 Å². The molecule has 0 saturated heterocycles. The summed E-state index contributed by atoms with van der Waals surface area (Å²) >= 11 is 0. The normalized spacial score (nSPS) is 12.8. The Kier molecular flexibility index (Phi) is 8.86. The maximum absolute atomic E-state index is 12.1. The Balaban J connectivity index is 2.53. The molecule has 0 heterocycles. The minimum atomic E-state index is -3.37. The third kappa shape index (κ3) is 8.13. The zero-order chi connectivity index (χ0) is 17.1. The van der Waals surface area contributed by atoms with Crippen LogP contribution in [0.25, 0.3) is 0 Å². The summed E-state index contributed by atoms with van der Waals surface area (Å²) < 4.78 is 42.0. The largest absolute Gasteiger partial charge is 0.490 e. The molecular formula is C16H25NO5S. The zero-order valence-electron chi connectivity index (χ0n) is 13.7. The van der Waals surface area contributed by atoms with Gasteiger partial charge >= 0.3 is 0 Å². The summed E-state index contributed by atoms with van der Waals surface area (Å²) in [6.45, 7) is 6.31. The maximum Gasteiger partial charge on any atom is 0.212 e. The van der Waals surface area contributed by atoms with Gasteiger partial charge in [0, 0.05) is 13.2 Å². The molecule has 1 N–H and O–H groups in total. The van der Waals surface area contributed by atoms with E-state index in [1.807, 2.05) is 24.3 Å².